The van der Waals surface area contributed by atoms with E-state index in [0.717, 1.165) is 17.7 Å². The number of nitrogens with one attached hydrogen (secondary N) is 2. The second-order valence-corrected chi connectivity index (χ2v) is 5.32. The second kappa shape index (κ2) is 8.59. The summed E-state index contributed by atoms with van der Waals surface area (Å²) in [6.45, 7) is 4.79. The van der Waals surface area contributed by atoms with Crippen LogP contribution >= 0.6 is 0 Å². The average Bonchev–Trinajstić information content (AvgIpc) is 2.45. The largest absolute Gasteiger partial charge is 0.496 e. The number of ether oxygens (including phenoxy) is 1. The molecule has 0 heterocycles. The molecular formula is C16H26N2O2. The summed E-state index contributed by atoms with van der Waals surface area (Å²) >= 11 is 0. The molecule has 0 fully saturated rings. The van der Waals surface area contributed by atoms with Crippen LogP contribution in [0.25, 0.3) is 0 Å². The third-order valence-corrected chi connectivity index (χ3v) is 3.39. The van der Waals surface area contributed by atoms with Crippen molar-refractivity contribution >= 4 is 5.91 Å². The number of rotatable bonds is 8. The van der Waals surface area contributed by atoms with Crippen LogP contribution in [0.4, 0.5) is 0 Å². The zero-order chi connectivity index (χ0) is 15.0. The predicted molar refractivity (Wildman–Crippen MR) is 82.0 cm³/mol. The fourth-order valence-electron chi connectivity index (χ4n) is 2.08. The number of methoxy groups -OCH3 is 1. The van der Waals surface area contributed by atoms with Crippen LogP contribution in [0.1, 0.15) is 25.8 Å². The van der Waals surface area contributed by atoms with Gasteiger partial charge >= 0.3 is 0 Å². The molecule has 1 aromatic rings. The molecule has 0 saturated heterocycles. The van der Waals surface area contributed by atoms with Gasteiger partial charge in [-0.2, -0.15) is 0 Å². The highest BCUT2D eigenvalue weighted by Crippen LogP contribution is 2.21. The maximum Gasteiger partial charge on any atom is 0.220 e. The van der Waals surface area contributed by atoms with Gasteiger partial charge in [0.25, 0.3) is 0 Å². The number of benzene rings is 1. The summed E-state index contributed by atoms with van der Waals surface area (Å²) in [4.78, 5) is 11.8. The molecule has 4 nitrogen and oxygen atoms in total. The van der Waals surface area contributed by atoms with E-state index in [9.17, 15) is 4.79 Å². The molecule has 0 spiro atoms. The first-order valence-electron chi connectivity index (χ1n) is 7.12. The highest BCUT2D eigenvalue weighted by atomic mass is 16.5. The Balaban J connectivity index is 2.43. The molecule has 0 aliphatic rings. The van der Waals surface area contributed by atoms with Gasteiger partial charge in [0.15, 0.2) is 0 Å². The molecule has 20 heavy (non-hydrogen) atoms. The molecule has 4 heteroatoms. The Kier molecular flexibility index (Phi) is 7.09. The van der Waals surface area contributed by atoms with Gasteiger partial charge < -0.3 is 15.4 Å². The molecule has 0 aliphatic carbocycles. The van der Waals surface area contributed by atoms with Gasteiger partial charge in [-0.05, 0) is 37.9 Å². The molecule has 1 rings (SSSR count). The third kappa shape index (κ3) is 5.61. The van der Waals surface area contributed by atoms with Crippen molar-refractivity contribution in [3.63, 3.8) is 0 Å². The van der Waals surface area contributed by atoms with Gasteiger partial charge in [0.1, 0.15) is 5.75 Å². The number of likely N-dealkylation sites (N-methyl/N-ethyl adjacent to an activating group) is 1. The van der Waals surface area contributed by atoms with Crippen molar-refractivity contribution in [2.24, 2.45) is 5.92 Å². The molecule has 0 aliphatic heterocycles. The van der Waals surface area contributed by atoms with E-state index in [1.54, 1.807) is 7.11 Å². The van der Waals surface area contributed by atoms with Crippen LogP contribution in [0.2, 0.25) is 0 Å². The van der Waals surface area contributed by atoms with Crippen LogP contribution < -0.4 is 15.4 Å². The predicted octanol–water partition coefficient (Wildman–Crippen LogP) is 1.99. The molecule has 2 N–H and O–H groups in total. The number of amides is 1. The highest BCUT2D eigenvalue weighted by Gasteiger charge is 2.12. The Morgan fingerprint density at radius 1 is 1.30 bits per heavy atom. The van der Waals surface area contributed by atoms with E-state index in [0.29, 0.717) is 19.0 Å². The van der Waals surface area contributed by atoms with E-state index < -0.39 is 0 Å². The van der Waals surface area contributed by atoms with Crippen LogP contribution in [0.3, 0.4) is 0 Å². The highest BCUT2D eigenvalue weighted by molar-refractivity contribution is 5.76. The minimum atomic E-state index is 0.106. The maximum atomic E-state index is 11.8. The molecule has 1 amide bonds. The zero-order valence-corrected chi connectivity index (χ0v) is 12.9. The summed E-state index contributed by atoms with van der Waals surface area (Å²) in [5.41, 5.74) is 1.15. The standard InChI is InChI=1S/C16H26N2O2/c1-12(10-16(19)18-11-13(2)17-3)9-14-7-5-6-8-15(14)20-4/h5-8,12-13,17H,9-11H2,1-4H3,(H,18,19). The van der Waals surface area contributed by atoms with Crippen LogP contribution in [0.15, 0.2) is 24.3 Å². The smallest absolute Gasteiger partial charge is 0.220 e. The molecule has 112 valence electrons. The fraction of sp³-hybridized carbons (Fsp3) is 0.562. The summed E-state index contributed by atoms with van der Waals surface area (Å²) in [6, 6.07) is 8.26. The fourth-order valence-corrected chi connectivity index (χ4v) is 2.08. The monoisotopic (exact) mass is 278 g/mol. The summed E-state index contributed by atoms with van der Waals surface area (Å²) in [5.74, 6) is 1.29. The Hall–Kier alpha value is -1.55. The summed E-state index contributed by atoms with van der Waals surface area (Å²) in [7, 11) is 3.57. The lowest BCUT2D eigenvalue weighted by molar-refractivity contribution is -0.121. The van der Waals surface area contributed by atoms with E-state index in [1.165, 1.54) is 0 Å². The summed E-state index contributed by atoms with van der Waals surface area (Å²) in [5, 5.41) is 6.04. The number of carbonyl (C=O) groups is 1. The lowest BCUT2D eigenvalue weighted by Crippen LogP contribution is -2.37. The lowest BCUT2D eigenvalue weighted by atomic mass is 9.97. The molecule has 2 atom stereocenters. The van der Waals surface area contributed by atoms with E-state index in [-0.39, 0.29) is 11.8 Å². The molecule has 0 saturated carbocycles. The van der Waals surface area contributed by atoms with Crippen molar-refractivity contribution in [2.75, 3.05) is 20.7 Å². The van der Waals surface area contributed by atoms with Crippen molar-refractivity contribution in [1.29, 1.82) is 0 Å². The summed E-state index contributed by atoms with van der Waals surface area (Å²) in [6.07, 6.45) is 1.38. The maximum absolute atomic E-state index is 11.8. The average molecular weight is 278 g/mol. The van der Waals surface area contributed by atoms with Gasteiger partial charge in [-0.15, -0.1) is 0 Å². The van der Waals surface area contributed by atoms with Crippen molar-refractivity contribution in [2.45, 2.75) is 32.7 Å². The minimum Gasteiger partial charge on any atom is -0.496 e. The number of hydrogen-bond acceptors (Lipinski definition) is 3. The lowest BCUT2D eigenvalue weighted by Gasteiger charge is -2.15. The van der Waals surface area contributed by atoms with Crippen molar-refractivity contribution in [3.8, 4) is 5.75 Å². The van der Waals surface area contributed by atoms with E-state index in [1.807, 2.05) is 32.2 Å². The van der Waals surface area contributed by atoms with Crippen LogP contribution in [0, 0.1) is 5.92 Å². The first kappa shape index (κ1) is 16.5. The number of hydrogen-bond donors (Lipinski definition) is 2. The third-order valence-electron chi connectivity index (χ3n) is 3.39. The molecule has 0 radical (unpaired) electrons. The Morgan fingerprint density at radius 3 is 2.65 bits per heavy atom. The van der Waals surface area contributed by atoms with Gasteiger partial charge in [0.2, 0.25) is 5.91 Å². The SMILES string of the molecule is CNC(C)CNC(=O)CC(C)Cc1ccccc1OC. The number of carbonyl (C=O) groups excluding carboxylic acids is 1. The van der Waals surface area contributed by atoms with E-state index >= 15 is 0 Å². The molecule has 1 aromatic carbocycles. The van der Waals surface area contributed by atoms with Gasteiger partial charge in [0, 0.05) is 19.0 Å². The topological polar surface area (TPSA) is 50.4 Å². The van der Waals surface area contributed by atoms with Crippen LogP contribution in [-0.2, 0) is 11.2 Å². The quantitative estimate of drug-likeness (QED) is 0.764. The normalized spacial score (nSPS) is 13.6. The van der Waals surface area contributed by atoms with Crippen LogP contribution in [-0.4, -0.2) is 32.7 Å². The Morgan fingerprint density at radius 2 is 2.00 bits per heavy atom. The summed E-state index contributed by atoms with van der Waals surface area (Å²) < 4.78 is 5.34. The minimum absolute atomic E-state index is 0.106. The molecule has 0 aromatic heterocycles. The molecular weight excluding hydrogens is 252 g/mol. The van der Waals surface area contributed by atoms with E-state index in [4.69, 9.17) is 4.74 Å². The zero-order valence-electron chi connectivity index (χ0n) is 12.9. The van der Waals surface area contributed by atoms with Gasteiger partial charge in [-0.25, -0.2) is 0 Å². The first-order chi connectivity index (χ1) is 9.56. The Labute approximate surface area is 121 Å². The number of para-hydroxylation sites is 1. The molecule has 2 unspecified atom stereocenters. The van der Waals surface area contributed by atoms with Crippen molar-refractivity contribution in [1.82, 2.24) is 10.6 Å². The molecule has 0 bridgehead atoms. The van der Waals surface area contributed by atoms with Gasteiger partial charge in [0.05, 0.1) is 7.11 Å². The Bertz CT molecular complexity index is 421. The van der Waals surface area contributed by atoms with Crippen LogP contribution in [0.5, 0.6) is 5.75 Å². The van der Waals surface area contributed by atoms with Crippen molar-refractivity contribution in [3.05, 3.63) is 29.8 Å². The second-order valence-electron chi connectivity index (χ2n) is 5.32. The van der Waals surface area contributed by atoms with Crippen molar-refractivity contribution < 1.29 is 9.53 Å². The van der Waals surface area contributed by atoms with Gasteiger partial charge in [-0.1, -0.05) is 25.1 Å². The van der Waals surface area contributed by atoms with Gasteiger partial charge in [-0.3, -0.25) is 4.79 Å². The van der Waals surface area contributed by atoms with E-state index in [2.05, 4.69) is 23.6 Å². The first-order valence-corrected chi connectivity index (χ1v) is 7.12.